The lowest BCUT2D eigenvalue weighted by Crippen LogP contribution is -2.02. The average Bonchev–Trinajstić information content (AvgIpc) is 1.88. The summed E-state index contributed by atoms with van der Waals surface area (Å²) >= 11 is 3.89. The molecule has 10 heavy (non-hydrogen) atoms. The van der Waals surface area contributed by atoms with E-state index in [1.54, 1.807) is 0 Å². The van der Waals surface area contributed by atoms with Crippen LogP contribution < -0.4 is 0 Å². The number of hydrogen-bond acceptors (Lipinski definition) is 2. The minimum atomic E-state index is 0.644. The summed E-state index contributed by atoms with van der Waals surface area (Å²) in [6.45, 7) is 4.31. The molecule has 1 aliphatic rings. The molecular formula is C8H12S2. The second kappa shape index (κ2) is 4.14. The molecule has 0 nitrogen and oxygen atoms in total. The predicted molar refractivity (Wildman–Crippen MR) is 52.4 cm³/mol. The van der Waals surface area contributed by atoms with Crippen molar-refractivity contribution in [3.05, 3.63) is 23.6 Å². The van der Waals surface area contributed by atoms with Crippen LogP contribution in [-0.2, 0) is 0 Å². The van der Waals surface area contributed by atoms with E-state index in [0.29, 0.717) is 9.83 Å². The molecule has 2 atom stereocenters. The summed E-state index contributed by atoms with van der Waals surface area (Å²) in [5.41, 5.74) is 0. The van der Waals surface area contributed by atoms with Crippen LogP contribution in [0.2, 0.25) is 0 Å². The van der Waals surface area contributed by atoms with Gasteiger partial charge in [0.25, 0.3) is 0 Å². The van der Waals surface area contributed by atoms with Crippen LogP contribution in [0.1, 0.15) is 13.8 Å². The Balaban J connectivity index is 2.44. The monoisotopic (exact) mass is 172 g/mol. The molecule has 0 spiro atoms. The third-order valence-corrected chi connectivity index (χ3v) is 3.68. The molecule has 0 aliphatic carbocycles. The number of allylic oxidation sites excluding steroid dienone is 1. The zero-order chi connectivity index (χ0) is 7.40. The summed E-state index contributed by atoms with van der Waals surface area (Å²) < 4.78 is 0.644. The average molecular weight is 172 g/mol. The van der Waals surface area contributed by atoms with E-state index >= 15 is 0 Å². The van der Waals surface area contributed by atoms with Crippen molar-refractivity contribution in [3.8, 4) is 0 Å². The Labute approximate surface area is 71.2 Å². The Morgan fingerprint density at radius 3 is 2.90 bits per heavy atom. The van der Waals surface area contributed by atoms with E-state index in [4.69, 9.17) is 0 Å². The third kappa shape index (κ3) is 2.43. The van der Waals surface area contributed by atoms with Crippen molar-refractivity contribution in [1.82, 2.24) is 0 Å². The highest BCUT2D eigenvalue weighted by Crippen LogP contribution is 2.34. The highest BCUT2D eigenvalue weighted by atomic mass is 32.2. The van der Waals surface area contributed by atoms with Crippen molar-refractivity contribution >= 4 is 23.5 Å². The van der Waals surface area contributed by atoms with Crippen molar-refractivity contribution in [2.75, 3.05) is 0 Å². The van der Waals surface area contributed by atoms with Crippen LogP contribution in [-0.4, -0.2) is 9.83 Å². The van der Waals surface area contributed by atoms with E-state index in [0.717, 1.165) is 0 Å². The van der Waals surface area contributed by atoms with E-state index < -0.39 is 0 Å². The second-order valence-electron chi connectivity index (χ2n) is 2.20. The van der Waals surface area contributed by atoms with Gasteiger partial charge in [-0.05, 0) is 19.3 Å². The Morgan fingerprint density at radius 2 is 2.30 bits per heavy atom. The van der Waals surface area contributed by atoms with Crippen molar-refractivity contribution in [3.63, 3.8) is 0 Å². The minimum absolute atomic E-state index is 0.644. The molecule has 2 unspecified atom stereocenters. The normalized spacial score (nSPS) is 33.4. The molecule has 56 valence electrons. The number of thioether (sulfide) groups is 2. The van der Waals surface area contributed by atoms with Crippen LogP contribution in [0.5, 0.6) is 0 Å². The first-order chi connectivity index (χ1) is 4.83. The molecule has 0 saturated carbocycles. The summed E-state index contributed by atoms with van der Waals surface area (Å²) in [5, 5.41) is 2.88. The fourth-order valence-corrected chi connectivity index (χ4v) is 3.41. The molecule has 0 aromatic rings. The first-order valence-electron chi connectivity index (χ1n) is 3.43. The van der Waals surface area contributed by atoms with E-state index in [9.17, 15) is 0 Å². The molecule has 0 amide bonds. The van der Waals surface area contributed by atoms with Gasteiger partial charge in [-0.2, -0.15) is 0 Å². The molecule has 0 aromatic heterocycles. The van der Waals surface area contributed by atoms with Crippen LogP contribution in [0.25, 0.3) is 0 Å². The molecule has 1 heterocycles. The number of hydrogen-bond donors (Lipinski definition) is 0. The molecule has 1 rings (SSSR count). The van der Waals surface area contributed by atoms with Crippen LogP contribution in [0.15, 0.2) is 23.6 Å². The van der Waals surface area contributed by atoms with Crippen molar-refractivity contribution in [2.24, 2.45) is 0 Å². The third-order valence-electron chi connectivity index (χ3n) is 1.26. The zero-order valence-electron chi connectivity index (χ0n) is 6.28. The zero-order valence-corrected chi connectivity index (χ0v) is 7.91. The van der Waals surface area contributed by atoms with E-state index in [1.807, 2.05) is 23.5 Å². The lowest BCUT2D eigenvalue weighted by Gasteiger charge is -2.17. The van der Waals surface area contributed by atoms with Crippen LogP contribution in [0.4, 0.5) is 0 Å². The molecular weight excluding hydrogens is 160 g/mol. The molecule has 0 bridgehead atoms. The molecule has 1 aliphatic heterocycles. The topological polar surface area (TPSA) is 0 Å². The Hall–Kier alpha value is 0.180. The Morgan fingerprint density at radius 1 is 1.50 bits per heavy atom. The van der Waals surface area contributed by atoms with Gasteiger partial charge in [0.05, 0.1) is 4.58 Å². The van der Waals surface area contributed by atoms with E-state index in [-0.39, 0.29) is 0 Å². The van der Waals surface area contributed by atoms with Crippen molar-refractivity contribution in [2.45, 2.75) is 23.7 Å². The predicted octanol–water partition coefficient (Wildman–Crippen LogP) is 3.27. The van der Waals surface area contributed by atoms with E-state index in [2.05, 4.69) is 37.5 Å². The molecule has 0 aromatic carbocycles. The molecule has 0 radical (unpaired) electrons. The summed E-state index contributed by atoms with van der Waals surface area (Å²) in [6.07, 6.45) is 6.61. The smallest absolute Gasteiger partial charge is 0.0729 e. The lowest BCUT2D eigenvalue weighted by atomic mass is 10.5. The molecule has 0 N–H and O–H groups in total. The first kappa shape index (κ1) is 8.28. The first-order valence-corrected chi connectivity index (χ1v) is 5.32. The van der Waals surface area contributed by atoms with Gasteiger partial charge in [0.15, 0.2) is 0 Å². The van der Waals surface area contributed by atoms with E-state index in [1.165, 1.54) is 0 Å². The summed E-state index contributed by atoms with van der Waals surface area (Å²) in [6, 6.07) is 0. The summed E-state index contributed by atoms with van der Waals surface area (Å²) in [4.78, 5) is 0. The fraction of sp³-hybridized carbons (Fsp3) is 0.500. The van der Waals surface area contributed by atoms with Crippen LogP contribution in [0, 0.1) is 0 Å². The maximum Gasteiger partial charge on any atom is 0.0729 e. The second-order valence-corrected chi connectivity index (χ2v) is 5.07. The summed E-state index contributed by atoms with van der Waals surface area (Å²) in [5.74, 6) is 0. The van der Waals surface area contributed by atoms with Crippen LogP contribution >= 0.6 is 23.5 Å². The maximum absolute atomic E-state index is 2.25. The summed E-state index contributed by atoms with van der Waals surface area (Å²) in [7, 11) is 0. The standard InChI is InChI=1S/C8H12S2/c1-3-4-8-9-6-5-7(2)10-8/h3-8H,1-2H3/b4-3-. The number of rotatable bonds is 1. The Bertz CT molecular complexity index is 149. The minimum Gasteiger partial charge on any atom is -0.136 e. The van der Waals surface area contributed by atoms with Crippen molar-refractivity contribution in [1.29, 1.82) is 0 Å². The quantitative estimate of drug-likeness (QED) is 0.557. The van der Waals surface area contributed by atoms with Gasteiger partial charge < -0.3 is 0 Å². The largest absolute Gasteiger partial charge is 0.136 e. The SMILES string of the molecule is C/C=C\C1SC=CC(C)S1. The molecule has 2 heteroatoms. The van der Waals surface area contributed by atoms with Gasteiger partial charge in [-0.15, -0.1) is 23.5 Å². The van der Waals surface area contributed by atoms with Gasteiger partial charge in [-0.25, -0.2) is 0 Å². The maximum atomic E-state index is 2.25. The van der Waals surface area contributed by atoms with Gasteiger partial charge in [-0.1, -0.05) is 18.2 Å². The van der Waals surface area contributed by atoms with Gasteiger partial charge >= 0.3 is 0 Å². The fourth-order valence-electron chi connectivity index (χ4n) is 0.770. The lowest BCUT2D eigenvalue weighted by molar-refractivity contribution is 1.24. The van der Waals surface area contributed by atoms with Gasteiger partial charge in [0.1, 0.15) is 0 Å². The highest BCUT2D eigenvalue weighted by molar-refractivity contribution is 8.19. The highest BCUT2D eigenvalue weighted by Gasteiger charge is 2.11. The van der Waals surface area contributed by atoms with Crippen molar-refractivity contribution < 1.29 is 0 Å². The van der Waals surface area contributed by atoms with Crippen LogP contribution in [0.3, 0.4) is 0 Å². The van der Waals surface area contributed by atoms with Gasteiger partial charge in [0.2, 0.25) is 0 Å². The Kier molecular flexibility index (Phi) is 3.43. The van der Waals surface area contributed by atoms with Gasteiger partial charge in [0, 0.05) is 5.25 Å². The molecule has 0 fully saturated rings. The van der Waals surface area contributed by atoms with Gasteiger partial charge in [-0.3, -0.25) is 0 Å². The molecule has 0 saturated heterocycles.